The molecule has 0 aromatic heterocycles. The van der Waals surface area contributed by atoms with Crippen LogP contribution in [-0.4, -0.2) is 118 Å². The van der Waals surface area contributed by atoms with Crippen molar-refractivity contribution < 1.29 is 85.8 Å². The van der Waals surface area contributed by atoms with Crippen molar-refractivity contribution in [1.82, 2.24) is 0 Å². The molecule has 0 spiro atoms. The molecule has 7 aliphatic rings. The number of cyclic esters (lactones) is 7. The summed E-state index contributed by atoms with van der Waals surface area (Å²) in [5.74, 6) is -0.772. The molecule has 7 aliphatic heterocycles. The van der Waals surface area contributed by atoms with Gasteiger partial charge in [0.05, 0.1) is 25.6 Å². The molecule has 19 heteroatoms. The van der Waals surface area contributed by atoms with Crippen molar-refractivity contribution in [2.45, 2.75) is 318 Å². The molecule has 101 heavy (non-hydrogen) atoms. The summed E-state index contributed by atoms with van der Waals surface area (Å²) in [4.78, 5) is 99.6. The monoisotopic (exact) mass is 1410 g/mol. The second-order valence-electron chi connectivity index (χ2n) is 26.6. The minimum Gasteiger partial charge on any atom is -0.466 e. The Morgan fingerprint density at radius 2 is 1.01 bits per heavy atom. The second kappa shape index (κ2) is 51.8. The molecule has 0 saturated carbocycles. The van der Waals surface area contributed by atoms with Crippen LogP contribution in [0.2, 0.25) is 0 Å². The third kappa shape index (κ3) is 34.5. The van der Waals surface area contributed by atoms with Crippen LogP contribution in [0.5, 0.6) is 0 Å². The SMILES string of the molecule is C.C=C(CC1OC(=O)C(C)=C1C)C(=O)OCC.C=CC(c1ccccc1)C1OC(=O)C(C)=C1C.CCC(c1ccccc1)C1CCC(=O)O1.CCCCCCC1CCC(=O)O1.CCCCCCCCC1CCC(=O)O1.CCCC[C@H]1OC(=O)C[C@@H]1C.CCOC(=O)C(C)CC1CCC(=O)O1.[B]. The molecule has 5 saturated heterocycles. The van der Waals surface area contributed by atoms with Crippen LogP contribution >= 0.6 is 0 Å². The van der Waals surface area contributed by atoms with Gasteiger partial charge in [0.2, 0.25) is 0 Å². The molecule has 7 heterocycles. The molecular weight excluding hydrogens is 1280 g/mol. The highest BCUT2D eigenvalue weighted by Crippen LogP contribution is 2.35. The van der Waals surface area contributed by atoms with Crippen LogP contribution in [-0.2, 0) is 85.8 Å². The Labute approximate surface area is 607 Å². The Bertz CT molecular complexity index is 2900. The van der Waals surface area contributed by atoms with E-state index in [2.05, 4.69) is 59.9 Å². The maximum absolute atomic E-state index is 11.5. The Morgan fingerprint density at radius 1 is 0.545 bits per heavy atom. The zero-order chi connectivity index (χ0) is 73.2. The Balaban J connectivity index is 0.000000590. The summed E-state index contributed by atoms with van der Waals surface area (Å²) in [5.41, 5.74) is 5.92. The highest BCUT2D eigenvalue weighted by atomic mass is 16.6. The van der Waals surface area contributed by atoms with Crippen LogP contribution in [0.15, 0.2) is 108 Å². The largest absolute Gasteiger partial charge is 0.466 e. The fourth-order valence-corrected chi connectivity index (χ4v) is 12.3. The molecule has 5 fully saturated rings. The van der Waals surface area contributed by atoms with Gasteiger partial charge in [-0.2, -0.15) is 0 Å². The first-order valence-corrected chi connectivity index (χ1v) is 36.9. The molecule has 563 valence electrons. The topological polar surface area (TPSA) is 237 Å². The van der Waals surface area contributed by atoms with E-state index in [-0.39, 0.29) is 118 Å². The number of rotatable bonds is 29. The minimum atomic E-state index is -0.434. The van der Waals surface area contributed by atoms with E-state index in [9.17, 15) is 43.2 Å². The first-order valence-electron chi connectivity index (χ1n) is 36.9. The molecule has 9 rings (SSSR count). The van der Waals surface area contributed by atoms with E-state index in [1.54, 1.807) is 27.7 Å². The van der Waals surface area contributed by atoms with Gasteiger partial charge in [0.1, 0.15) is 42.7 Å². The highest BCUT2D eigenvalue weighted by Gasteiger charge is 2.36. The van der Waals surface area contributed by atoms with Crippen molar-refractivity contribution in [3.8, 4) is 0 Å². The summed E-state index contributed by atoms with van der Waals surface area (Å²) >= 11 is 0. The standard InChI is InChI=1S/C15H16O2.C13H16O2.C12H16O4.C12H22O2.C10H16O4.C10H18O2.C9H16O2.CH4.B/c1-4-13(12-8-6-5-7-9-12)14-10(2)11(3)15(16)17-14;1-2-11(10-6-4-3-5-7-10)12-8-9-13(14)15-12;1-5-15-11(13)7(2)6-10-8(3)9(4)12(14)16-10;1-2-3-4-5-6-7-8-11-9-10-12(13)14-11;1-3-13-10(12)7(2)6-8-4-5-9(11)14-8;1-2-3-4-5-6-9-7-8-10(11)12-9;1-3-4-5-8-7(2)6-9(10)11-8;;/h4-9,13-14H,1H2,2-3H3;3-7,11-12H,2,8-9H2,1H3;10H,2,5-6H2,1,3-4H3;11H,2-10H2,1H3;7-8H,3-6H2,1-2H3;9H,2-8H2,1H3;7-8H,3-6H2,1-2H3;1H4;/t;;;;;;7-,8+;;/m......0../s1. The molecular formula is C82H124BO18. The number of esters is 9. The quantitative estimate of drug-likeness (QED) is 0.0184. The maximum Gasteiger partial charge on any atom is 0.334 e. The number of unbranched alkanes of at least 4 members (excludes halogenated alkanes) is 9. The zero-order valence-electron chi connectivity index (χ0n) is 62.5. The Morgan fingerprint density at radius 3 is 1.43 bits per heavy atom. The van der Waals surface area contributed by atoms with Crippen molar-refractivity contribution in [3.63, 3.8) is 0 Å². The van der Waals surface area contributed by atoms with Crippen LogP contribution in [0.25, 0.3) is 0 Å². The fourth-order valence-electron chi connectivity index (χ4n) is 12.3. The predicted octanol–water partition coefficient (Wildman–Crippen LogP) is 17.6. The molecule has 2 aromatic rings. The zero-order valence-corrected chi connectivity index (χ0v) is 62.5. The molecule has 18 nitrogen and oxygen atoms in total. The first kappa shape index (κ1) is 91.7. The third-order valence-corrected chi connectivity index (χ3v) is 18.7. The summed E-state index contributed by atoms with van der Waals surface area (Å²) in [7, 11) is 0. The number of benzene rings is 2. The van der Waals surface area contributed by atoms with Crippen LogP contribution in [0, 0.1) is 11.8 Å². The van der Waals surface area contributed by atoms with E-state index >= 15 is 0 Å². The number of hydrogen-bond donors (Lipinski definition) is 0. The maximum atomic E-state index is 11.5. The van der Waals surface area contributed by atoms with Crippen LogP contribution in [0.4, 0.5) is 0 Å². The van der Waals surface area contributed by atoms with E-state index in [1.807, 2.05) is 75.4 Å². The van der Waals surface area contributed by atoms with E-state index < -0.39 is 5.97 Å². The van der Waals surface area contributed by atoms with Gasteiger partial charge in [-0.15, -0.1) is 6.58 Å². The fraction of sp³-hybridized carbons (Fsp3) is 0.646. The molecule has 9 unspecified atom stereocenters. The molecule has 0 aliphatic carbocycles. The molecule has 0 bridgehead atoms. The van der Waals surface area contributed by atoms with Gasteiger partial charge in [-0.3, -0.25) is 28.8 Å². The lowest BCUT2D eigenvalue weighted by atomic mass is 9.89. The van der Waals surface area contributed by atoms with Crippen molar-refractivity contribution in [1.29, 1.82) is 0 Å². The summed E-state index contributed by atoms with van der Waals surface area (Å²) in [6.07, 6.45) is 28.8. The van der Waals surface area contributed by atoms with Gasteiger partial charge in [0.25, 0.3) is 0 Å². The predicted molar refractivity (Wildman–Crippen MR) is 395 cm³/mol. The van der Waals surface area contributed by atoms with E-state index in [0.717, 1.165) is 73.6 Å². The summed E-state index contributed by atoms with van der Waals surface area (Å²) in [5, 5.41) is 0. The van der Waals surface area contributed by atoms with Crippen molar-refractivity contribution in [2.75, 3.05) is 13.2 Å². The number of ether oxygens (including phenoxy) is 9. The lowest BCUT2D eigenvalue weighted by Crippen LogP contribution is -2.20. The number of carbonyl (C=O) groups excluding carboxylic acids is 9. The van der Waals surface area contributed by atoms with Crippen LogP contribution < -0.4 is 0 Å². The van der Waals surface area contributed by atoms with Gasteiger partial charge in [-0.05, 0) is 134 Å². The van der Waals surface area contributed by atoms with Gasteiger partial charge >= 0.3 is 53.7 Å². The number of hydrogen-bond acceptors (Lipinski definition) is 18. The van der Waals surface area contributed by atoms with Gasteiger partial charge in [-0.1, -0.05) is 186 Å². The third-order valence-electron chi connectivity index (χ3n) is 18.7. The van der Waals surface area contributed by atoms with Gasteiger partial charge in [0, 0.05) is 75.0 Å². The molecule has 0 N–H and O–H groups in total. The van der Waals surface area contributed by atoms with Crippen molar-refractivity contribution >= 4 is 62.1 Å². The van der Waals surface area contributed by atoms with E-state index in [4.69, 9.17) is 42.6 Å². The number of carbonyl (C=O) groups is 9. The minimum absolute atomic E-state index is 0. The average Bonchev–Trinajstić information content (AvgIpc) is 1.69. The molecule has 2 aromatic carbocycles. The summed E-state index contributed by atoms with van der Waals surface area (Å²) in [6.45, 7) is 31.6. The Hall–Kier alpha value is -7.31. The van der Waals surface area contributed by atoms with Crippen molar-refractivity contribution in [3.05, 3.63) is 119 Å². The molecule has 3 radical (unpaired) electrons. The molecule has 11 atom stereocenters. The smallest absolute Gasteiger partial charge is 0.334 e. The normalized spacial score (nSPS) is 22.2. The summed E-state index contributed by atoms with van der Waals surface area (Å²) in [6, 6.07) is 20.3. The van der Waals surface area contributed by atoms with Gasteiger partial charge in [0.15, 0.2) is 0 Å². The van der Waals surface area contributed by atoms with Gasteiger partial charge < -0.3 is 42.6 Å². The van der Waals surface area contributed by atoms with E-state index in [0.29, 0.717) is 81.1 Å². The van der Waals surface area contributed by atoms with Gasteiger partial charge in [-0.25, -0.2) is 14.4 Å². The highest BCUT2D eigenvalue weighted by molar-refractivity contribution is 5.93. The van der Waals surface area contributed by atoms with Crippen LogP contribution in [0.3, 0.4) is 0 Å². The van der Waals surface area contributed by atoms with E-state index in [1.165, 1.54) is 82.6 Å². The summed E-state index contributed by atoms with van der Waals surface area (Å²) < 4.78 is 45.9. The Kier molecular flexibility index (Phi) is 47.0. The average molecular weight is 1410 g/mol. The lowest BCUT2D eigenvalue weighted by Gasteiger charge is -2.21. The van der Waals surface area contributed by atoms with Crippen molar-refractivity contribution in [2.24, 2.45) is 11.8 Å². The van der Waals surface area contributed by atoms with Crippen LogP contribution in [0.1, 0.15) is 287 Å². The molecule has 0 amide bonds. The lowest BCUT2D eigenvalue weighted by molar-refractivity contribution is -0.151. The first-order chi connectivity index (χ1) is 47.4. The second-order valence-corrected chi connectivity index (χ2v) is 26.6.